The molecule has 6 nitrogen and oxygen atoms in total. The van der Waals surface area contributed by atoms with Gasteiger partial charge in [0, 0.05) is 22.9 Å². The van der Waals surface area contributed by atoms with Crippen LogP contribution >= 0.6 is 15.9 Å². The summed E-state index contributed by atoms with van der Waals surface area (Å²) >= 11 is 3.39. The van der Waals surface area contributed by atoms with Crippen molar-refractivity contribution in [2.75, 3.05) is 13.1 Å². The summed E-state index contributed by atoms with van der Waals surface area (Å²) in [6.45, 7) is 0.913. The van der Waals surface area contributed by atoms with Crippen LogP contribution in [0.3, 0.4) is 0 Å². The maximum Gasteiger partial charge on any atom is 0.306 e. The summed E-state index contributed by atoms with van der Waals surface area (Å²) in [7, 11) is 0. The molecule has 0 atom stereocenters. The number of carbonyl (C=O) groups excluding carboxylic acids is 1. The first kappa shape index (κ1) is 14.1. The normalized spacial score (nSPS) is 16.3. The van der Waals surface area contributed by atoms with Gasteiger partial charge in [-0.2, -0.15) is 5.10 Å². The molecule has 1 saturated heterocycles. The molecule has 7 heteroatoms. The molecule has 0 radical (unpaired) electrons. The lowest BCUT2D eigenvalue weighted by atomic mass is 9.97. The van der Waals surface area contributed by atoms with Crippen LogP contribution < -0.4 is 0 Å². The highest BCUT2D eigenvalue weighted by molar-refractivity contribution is 9.10. The molecule has 2 N–H and O–H groups in total. The Morgan fingerprint density at radius 1 is 1.33 bits per heavy atom. The fourth-order valence-electron chi connectivity index (χ4n) is 2.63. The molecule has 2 heterocycles. The molecule has 2 aromatic rings. The summed E-state index contributed by atoms with van der Waals surface area (Å²) < 4.78 is 0.884. The van der Waals surface area contributed by atoms with Gasteiger partial charge in [0.25, 0.3) is 5.91 Å². The van der Waals surface area contributed by atoms with Crippen LogP contribution in [-0.2, 0) is 4.79 Å². The maximum absolute atomic E-state index is 12.5. The van der Waals surface area contributed by atoms with Gasteiger partial charge in [0.2, 0.25) is 0 Å². The van der Waals surface area contributed by atoms with Crippen molar-refractivity contribution in [3.63, 3.8) is 0 Å². The number of aliphatic carboxylic acids is 1. The summed E-state index contributed by atoms with van der Waals surface area (Å²) in [4.78, 5) is 25.2. The third-order valence-electron chi connectivity index (χ3n) is 3.86. The molecule has 21 heavy (non-hydrogen) atoms. The number of nitrogens with zero attached hydrogens (tertiary/aromatic N) is 2. The molecule has 3 rings (SSSR count). The Balaban J connectivity index is 1.82. The quantitative estimate of drug-likeness (QED) is 0.868. The monoisotopic (exact) mass is 351 g/mol. The van der Waals surface area contributed by atoms with Crippen LogP contribution in [0.4, 0.5) is 0 Å². The maximum atomic E-state index is 12.5. The number of likely N-dealkylation sites (tertiary alicyclic amines) is 1. The average Bonchev–Trinajstić information content (AvgIpc) is 2.89. The number of halogens is 1. The number of rotatable bonds is 2. The second-order valence-corrected chi connectivity index (χ2v) is 6.08. The molecular formula is C14H14BrN3O3. The Labute approximate surface area is 129 Å². The van der Waals surface area contributed by atoms with Crippen molar-refractivity contribution in [3.05, 3.63) is 28.4 Å². The van der Waals surface area contributed by atoms with Crippen molar-refractivity contribution in [2.45, 2.75) is 12.8 Å². The third-order valence-corrected chi connectivity index (χ3v) is 4.35. The van der Waals surface area contributed by atoms with Gasteiger partial charge in [-0.05, 0) is 31.0 Å². The van der Waals surface area contributed by atoms with Crippen LogP contribution in [0.1, 0.15) is 23.3 Å². The van der Waals surface area contributed by atoms with Crippen LogP contribution in [0.5, 0.6) is 0 Å². The topological polar surface area (TPSA) is 86.3 Å². The van der Waals surface area contributed by atoms with E-state index in [-0.39, 0.29) is 11.8 Å². The highest BCUT2D eigenvalue weighted by Crippen LogP contribution is 2.24. The minimum atomic E-state index is -0.781. The van der Waals surface area contributed by atoms with Gasteiger partial charge in [-0.3, -0.25) is 14.7 Å². The lowest BCUT2D eigenvalue weighted by Gasteiger charge is -2.29. The smallest absolute Gasteiger partial charge is 0.306 e. The van der Waals surface area contributed by atoms with Gasteiger partial charge in [-0.1, -0.05) is 15.9 Å². The van der Waals surface area contributed by atoms with Crippen LogP contribution in [0, 0.1) is 5.92 Å². The number of piperidine rings is 1. The number of benzene rings is 1. The number of carboxylic acids is 1. The summed E-state index contributed by atoms with van der Waals surface area (Å²) in [5.74, 6) is -1.28. The molecule has 1 aromatic carbocycles. The first-order valence-electron chi connectivity index (χ1n) is 6.72. The Kier molecular flexibility index (Phi) is 3.67. The van der Waals surface area contributed by atoms with E-state index >= 15 is 0 Å². The van der Waals surface area contributed by atoms with Crippen molar-refractivity contribution in [1.82, 2.24) is 15.1 Å². The zero-order chi connectivity index (χ0) is 15.0. The molecule has 1 fully saturated rings. The summed E-state index contributed by atoms with van der Waals surface area (Å²) in [5, 5.41) is 16.7. The molecule has 1 aliphatic rings. The fraction of sp³-hybridized carbons (Fsp3) is 0.357. The molecule has 0 bridgehead atoms. The number of aromatic amines is 1. The summed E-state index contributed by atoms with van der Waals surface area (Å²) in [6.07, 6.45) is 0.986. The first-order chi connectivity index (χ1) is 10.1. The third kappa shape index (κ3) is 2.65. The van der Waals surface area contributed by atoms with Crippen LogP contribution in [-0.4, -0.2) is 45.2 Å². The summed E-state index contributed by atoms with van der Waals surface area (Å²) in [6, 6.07) is 5.60. The van der Waals surface area contributed by atoms with E-state index in [2.05, 4.69) is 26.1 Å². The van der Waals surface area contributed by atoms with Gasteiger partial charge < -0.3 is 10.0 Å². The zero-order valence-electron chi connectivity index (χ0n) is 11.2. The molecule has 0 saturated carbocycles. The van der Waals surface area contributed by atoms with Crippen molar-refractivity contribution in [2.24, 2.45) is 5.92 Å². The van der Waals surface area contributed by atoms with E-state index in [1.54, 1.807) is 4.90 Å². The number of hydrogen-bond donors (Lipinski definition) is 2. The fourth-order valence-corrected chi connectivity index (χ4v) is 2.99. The highest BCUT2D eigenvalue weighted by atomic mass is 79.9. The van der Waals surface area contributed by atoms with Crippen LogP contribution in [0.15, 0.2) is 22.7 Å². The molecule has 0 spiro atoms. The van der Waals surface area contributed by atoms with Gasteiger partial charge in [0.1, 0.15) is 0 Å². The molecule has 0 unspecified atom stereocenters. The van der Waals surface area contributed by atoms with E-state index in [0.717, 1.165) is 15.4 Å². The number of carbonyl (C=O) groups is 2. The molecule has 0 aliphatic carbocycles. The van der Waals surface area contributed by atoms with Crippen LogP contribution in [0.25, 0.3) is 10.9 Å². The number of hydrogen-bond acceptors (Lipinski definition) is 3. The second-order valence-electron chi connectivity index (χ2n) is 5.17. The molecule has 1 amide bonds. The lowest BCUT2D eigenvalue weighted by molar-refractivity contribution is -0.143. The first-order valence-corrected chi connectivity index (χ1v) is 7.51. The van der Waals surface area contributed by atoms with E-state index in [4.69, 9.17) is 5.11 Å². The second kappa shape index (κ2) is 5.48. The largest absolute Gasteiger partial charge is 0.481 e. The number of amides is 1. The predicted molar refractivity (Wildman–Crippen MR) is 80.1 cm³/mol. The predicted octanol–water partition coefficient (Wildman–Crippen LogP) is 2.26. The van der Waals surface area contributed by atoms with Gasteiger partial charge >= 0.3 is 5.97 Å². The van der Waals surface area contributed by atoms with Gasteiger partial charge in [0.05, 0.1) is 11.4 Å². The zero-order valence-corrected chi connectivity index (χ0v) is 12.8. The van der Waals surface area contributed by atoms with Crippen molar-refractivity contribution in [1.29, 1.82) is 0 Å². The lowest BCUT2D eigenvalue weighted by Crippen LogP contribution is -2.40. The minimum Gasteiger partial charge on any atom is -0.481 e. The number of H-pyrrole nitrogens is 1. The minimum absolute atomic E-state index is 0.150. The van der Waals surface area contributed by atoms with E-state index < -0.39 is 5.97 Å². The number of fused-ring (bicyclic) bond motifs is 1. The van der Waals surface area contributed by atoms with Gasteiger partial charge in [-0.15, -0.1) is 0 Å². The highest BCUT2D eigenvalue weighted by Gasteiger charge is 2.29. The van der Waals surface area contributed by atoms with E-state index in [9.17, 15) is 9.59 Å². The van der Waals surface area contributed by atoms with E-state index in [1.807, 2.05) is 18.2 Å². The number of nitrogens with one attached hydrogen (secondary N) is 1. The molecule has 1 aromatic heterocycles. The summed E-state index contributed by atoms with van der Waals surface area (Å²) in [5.41, 5.74) is 1.20. The Hall–Kier alpha value is -1.89. The van der Waals surface area contributed by atoms with E-state index in [0.29, 0.717) is 31.6 Å². The number of carboxylic acid groups (broad SMARTS) is 1. The van der Waals surface area contributed by atoms with Gasteiger partial charge in [-0.25, -0.2) is 0 Å². The number of aromatic nitrogens is 2. The molecular weight excluding hydrogens is 338 g/mol. The Bertz CT molecular complexity index is 705. The van der Waals surface area contributed by atoms with Gasteiger partial charge in [0.15, 0.2) is 5.69 Å². The molecule has 1 aliphatic heterocycles. The van der Waals surface area contributed by atoms with E-state index in [1.165, 1.54) is 0 Å². The van der Waals surface area contributed by atoms with Crippen molar-refractivity contribution >= 4 is 38.7 Å². The Morgan fingerprint density at radius 2 is 2.05 bits per heavy atom. The Morgan fingerprint density at radius 3 is 2.71 bits per heavy atom. The average molecular weight is 352 g/mol. The van der Waals surface area contributed by atoms with Crippen LogP contribution in [0.2, 0.25) is 0 Å². The SMILES string of the molecule is O=C(O)C1CCN(C(=O)c2n[nH]c3ccc(Br)cc23)CC1. The standard InChI is InChI=1S/C14H14BrN3O3/c15-9-1-2-11-10(7-9)12(17-16-11)13(19)18-5-3-8(4-6-18)14(20)21/h1-2,7-8H,3-6H2,(H,16,17)(H,20,21). The van der Waals surface area contributed by atoms with Crippen molar-refractivity contribution < 1.29 is 14.7 Å². The molecule has 110 valence electrons. The van der Waals surface area contributed by atoms with Crippen molar-refractivity contribution in [3.8, 4) is 0 Å².